The van der Waals surface area contributed by atoms with Crippen LogP contribution in [0, 0.1) is 10.1 Å². The van der Waals surface area contributed by atoms with Crippen LogP contribution in [0.1, 0.15) is 16.1 Å². The number of furan rings is 1. The molecule has 0 aliphatic rings. The molecule has 0 bridgehead atoms. The van der Waals surface area contributed by atoms with Crippen molar-refractivity contribution in [3.8, 4) is 0 Å². The molecule has 21 heavy (non-hydrogen) atoms. The molecule has 0 fully saturated rings. The van der Waals surface area contributed by atoms with Crippen molar-refractivity contribution in [3.05, 3.63) is 74.4 Å². The van der Waals surface area contributed by atoms with Crippen molar-refractivity contribution in [1.82, 2.24) is 0 Å². The highest BCUT2D eigenvalue weighted by atomic mass is 79.9. The monoisotopic (exact) mass is 345 g/mol. The lowest BCUT2D eigenvalue weighted by Crippen LogP contribution is -2.00. The Morgan fingerprint density at radius 1 is 1.14 bits per heavy atom. The van der Waals surface area contributed by atoms with E-state index in [9.17, 15) is 14.9 Å². The fourth-order valence-corrected chi connectivity index (χ4v) is 2.50. The van der Waals surface area contributed by atoms with Gasteiger partial charge in [0.05, 0.1) is 9.40 Å². The maximum Gasteiger partial charge on any atom is 0.270 e. The third kappa shape index (κ3) is 2.45. The van der Waals surface area contributed by atoms with Crippen molar-refractivity contribution < 1.29 is 14.1 Å². The third-order valence-electron chi connectivity index (χ3n) is 3.04. The average molecular weight is 346 g/mol. The average Bonchev–Trinajstić information content (AvgIpc) is 2.92. The summed E-state index contributed by atoms with van der Waals surface area (Å²) in [4.78, 5) is 22.6. The van der Waals surface area contributed by atoms with E-state index in [1.165, 1.54) is 24.3 Å². The number of nitro benzene ring substituents is 1. The first-order valence-corrected chi connectivity index (χ1v) is 6.83. The van der Waals surface area contributed by atoms with Crippen LogP contribution >= 0.6 is 15.9 Å². The molecule has 3 aromatic rings. The second-order valence-corrected chi connectivity index (χ2v) is 5.26. The minimum atomic E-state index is -0.536. The molecule has 0 unspecified atom stereocenters. The quantitative estimate of drug-likeness (QED) is 0.402. The van der Waals surface area contributed by atoms with Crippen molar-refractivity contribution in [1.29, 1.82) is 0 Å². The van der Waals surface area contributed by atoms with Crippen molar-refractivity contribution in [3.63, 3.8) is 0 Å². The Bertz CT molecular complexity index is 869. The van der Waals surface area contributed by atoms with E-state index >= 15 is 0 Å². The maximum atomic E-state index is 12.4. The highest BCUT2D eigenvalue weighted by Crippen LogP contribution is 2.28. The zero-order chi connectivity index (χ0) is 15.0. The summed E-state index contributed by atoms with van der Waals surface area (Å²) < 4.78 is 6.30. The van der Waals surface area contributed by atoms with E-state index in [4.69, 9.17) is 4.42 Å². The van der Waals surface area contributed by atoms with E-state index < -0.39 is 4.92 Å². The zero-order valence-electron chi connectivity index (χ0n) is 10.6. The standard InChI is InChI=1S/C15H8BrNO4/c16-12-6-2-4-10-8-13(21-15(10)12)14(18)9-3-1-5-11(7-9)17(19)20/h1-8H. The van der Waals surface area contributed by atoms with Gasteiger partial charge in [0.2, 0.25) is 5.78 Å². The molecule has 5 nitrogen and oxygen atoms in total. The molecule has 1 aromatic heterocycles. The number of halogens is 1. The van der Waals surface area contributed by atoms with E-state index in [0.717, 1.165) is 9.86 Å². The summed E-state index contributed by atoms with van der Waals surface area (Å²) in [6, 6.07) is 12.7. The molecule has 0 aliphatic carbocycles. The first-order valence-electron chi connectivity index (χ1n) is 6.03. The van der Waals surface area contributed by atoms with E-state index in [-0.39, 0.29) is 22.8 Å². The molecule has 3 rings (SSSR count). The Balaban J connectivity index is 2.06. The van der Waals surface area contributed by atoms with Crippen LogP contribution in [0.4, 0.5) is 5.69 Å². The van der Waals surface area contributed by atoms with Gasteiger partial charge in [-0.05, 0) is 28.1 Å². The Morgan fingerprint density at radius 2 is 1.90 bits per heavy atom. The van der Waals surface area contributed by atoms with Gasteiger partial charge >= 0.3 is 0 Å². The van der Waals surface area contributed by atoms with Crippen LogP contribution in [0.25, 0.3) is 11.0 Å². The van der Waals surface area contributed by atoms with Gasteiger partial charge in [0.1, 0.15) is 5.58 Å². The number of carbonyl (C=O) groups excluding carboxylic acids is 1. The van der Waals surface area contributed by atoms with Crippen molar-refractivity contribution in [2.45, 2.75) is 0 Å². The number of carbonyl (C=O) groups is 1. The lowest BCUT2D eigenvalue weighted by molar-refractivity contribution is -0.384. The van der Waals surface area contributed by atoms with E-state index in [1.54, 1.807) is 6.07 Å². The lowest BCUT2D eigenvalue weighted by atomic mass is 10.1. The number of nitrogens with zero attached hydrogens (tertiary/aromatic N) is 1. The zero-order valence-corrected chi connectivity index (χ0v) is 12.2. The topological polar surface area (TPSA) is 73.3 Å². The second kappa shape index (κ2) is 5.14. The van der Waals surface area contributed by atoms with Gasteiger partial charge in [0.15, 0.2) is 5.76 Å². The Hall–Kier alpha value is -2.47. The van der Waals surface area contributed by atoms with Crippen LogP contribution in [0.3, 0.4) is 0 Å². The molecule has 0 amide bonds. The molecule has 104 valence electrons. The SMILES string of the molecule is O=C(c1cccc([N+](=O)[O-])c1)c1cc2cccc(Br)c2o1. The van der Waals surface area contributed by atoms with Crippen LogP contribution in [0.15, 0.2) is 57.4 Å². The van der Waals surface area contributed by atoms with Crippen molar-refractivity contribution in [2.24, 2.45) is 0 Å². The molecular weight excluding hydrogens is 338 g/mol. The number of rotatable bonds is 3. The molecule has 1 heterocycles. The molecule has 0 radical (unpaired) electrons. The lowest BCUT2D eigenvalue weighted by Gasteiger charge is -1.97. The summed E-state index contributed by atoms with van der Waals surface area (Å²) in [7, 11) is 0. The molecule has 0 atom stereocenters. The van der Waals surface area contributed by atoms with Crippen LogP contribution in [0.5, 0.6) is 0 Å². The number of non-ortho nitro benzene ring substituents is 1. The number of fused-ring (bicyclic) bond motifs is 1. The van der Waals surface area contributed by atoms with Crippen LogP contribution in [0.2, 0.25) is 0 Å². The van der Waals surface area contributed by atoms with Crippen molar-refractivity contribution >= 4 is 38.4 Å². The largest absolute Gasteiger partial charge is 0.451 e. The summed E-state index contributed by atoms with van der Waals surface area (Å²) in [5, 5.41) is 11.6. The molecule has 0 saturated heterocycles. The second-order valence-electron chi connectivity index (χ2n) is 4.41. The summed E-state index contributed by atoms with van der Waals surface area (Å²) in [5.41, 5.74) is 0.670. The van der Waals surface area contributed by atoms with E-state index in [1.807, 2.05) is 18.2 Å². The molecule has 6 heteroatoms. The van der Waals surface area contributed by atoms with Gasteiger partial charge in [-0.1, -0.05) is 24.3 Å². The molecule has 2 aromatic carbocycles. The Labute approximate surface area is 127 Å². The molecule has 0 saturated carbocycles. The number of hydrogen-bond acceptors (Lipinski definition) is 4. The Morgan fingerprint density at radius 3 is 2.62 bits per heavy atom. The number of benzene rings is 2. The normalized spacial score (nSPS) is 10.7. The first-order chi connectivity index (χ1) is 10.1. The van der Waals surface area contributed by atoms with E-state index in [2.05, 4.69) is 15.9 Å². The number of hydrogen-bond donors (Lipinski definition) is 0. The van der Waals surface area contributed by atoms with Gasteiger partial charge in [-0.25, -0.2) is 0 Å². The smallest absolute Gasteiger partial charge is 0.270 e. The first kappa shape index (κ1) is 13.5. The van der Waals surface area contributed by atoms with Gasteiger partial charge in [0.25, 0.3) is 5.69 Å². The highest BCUT2D eigenvalue weighted by Gasteiger charge is 2.18. The Kier molecular flexibility index (Phi) is 3.31. The maximum absolute atomic E-state index is 12.4. The van der Waals surface area contributed by atoms with E-state index in [0.29, 0.717) is 5.58 Å². The summed E-state index contributed by atoms with van der Waals surface area (Å²) >= 11 is 3.35. The third-order valence-corrected chi connectivity index (χ3v) is 3.66. The summed E-state index contributed by atoms with van der Waals surface area (Å²) in [6.45, 7) is 0. The van der Waals surface area contributed by atoms with Gasteiger partial charge in [-0.2, -0.15) is 0 Å². The van der Waals surface area contributed by atoms with Gasteiger partial charge in [-0.3, -0.25) is 14.9 Å². The number of para-hydroxylation sites is 1. The number of nitro groups is 1. The number of ketones is 1. The minimum Gasteiger partial charge on any atom is -0.451 e. The molecular formula is C15H8BrNO4. The minimum absolute atomic E-state index is 0.127. The highest BCUT2D eigenvalue weighted by molar-refractivity contribution is 9.10. The fourth-order valence-electron chi connectivity index (χ4n) is 2.04. The molecule has 0 aliphatic heterocycles. The summed E-state index contributed by atoms with van der Waals surface area (Å²) in [6.07, 6.45) is 0. The van der Waals surface area contributed by atoms with Crippen LogP contribution in [-0.4, -0.2) is 10.7 Å². The summed E-state index contributed by atoms with van der Waals surface area (Å²) in [5.74, 6) is -0.237. The van der Waals surface area contributed by atoms with Crippen LogP contribution < -0.4 is 0 Å². The predicted octanol–water partition coefficient (Wildman–Crippen LogP) is 4.33. The van der Waals surface area contributed by atoms with Gasteiger partial charge in [-0.15, -0.1) is 0 Å². The predicted molar refractivity (Wildman–Crippen MR) is 80.4 cm³/mol. The molecule has 0 N–H and O–H groups in total. The van der Waals surface area contributed by atoms with Gasteiger partial charge in [0, 0.05) is 23.1 Å². The fraction of sp³-hybridized carbons (Fsp3) is 0. The molecule has 0 spiro atoms. The van der Waals surface area contributed by atoms with Crippen molar-refractivity contribution in [2.75, 3.05) is 0 Å². The van der Waals surface area contributed by atoms with Crippen LogP contribution in [-0.2, 0) is 0 Å². The van der Waals surface area contributed by atoms with Gasteiger partial charge < -0.3 is 4.42 Å².